The summed E-state index contributed by atoms with van der Waals surface area (Å²) in [5, 5.41) is 0. The first kappa shape index (κ1) is 16.7. The summed E-state index contributed by atoms with van der Waals surface area (Å²) in [4.78, 5) is 24.3. The van der Waals surface area contributed by atoms with Crippen LogP contribution in [0.5, 0.6) is 0 Å². The van der Waals surface area contributed by atoms with Gasteiger partial charge in [0.15, 0.2) is 0 Å². The Balaban J connectivity index is 4.06. The molecule has 0 spiro atoms. The maximum absolute atomic E-state index is 11.8. The Bertz CT molecular complexity index is 283. The molecule has 0 heterocycles. The van der Waals surface area contributed by atoms with Crippen molar-refractivity contribution in [3.63, 3.8) is 0 Å². The van der Waals surface area contributed by atoms with Gasteiger partial charge < -0.3 is 14.4 Å². The van der Waals surface area contributed by atoms with Crippen LogP contribution in [0.4, 0.5) is 4.79 Å². The van der Waals surface area contributed by atoms with Gasteiger partial charge in [0.2, 0.25) is 0 Å². The monoisotopic (exact) mass is 259 g/mol. The summed E-state index contributed by atoms with van der Waals surface area (Å²) in [5.74, 6) is -0.220. The zero-order valence-electron chi connectivity index (χ0n) is 12.3. The standard InChI is InChI=1S/C13H25NO4/c1-10(8-7-9-11(15)17-6)14(5)12(16)18-13(2,3)4/h10H,7-9H2,1-6H3. The van der Waals surface area contributed by atoms with Gasteiger partial charge in [-0.2, -0.15) is 0 Å². The smallest absolute Gasteiger partial charge is 0.410 e. The number of amides is 1. The third kappa shape index (κ3) is 7.14. The van der Waals surface area contributed by atoms with Crippen molar-refractivity contribution in [1.29, 1.82) is 0 Å². The van der Waals surface area contributed by atoms with Crippen molar-refractivity contribution >= 4 is 12.1 Å². The Kier molecular flexibility index (Phi) is 6.73. The van der Waals surface area contributed by atoms with Gasteiger partial charge in [-0.1, -0.05) is 0 Å². The van der Waals surface area contributed by atoms with E-state index in [1.807, 2.05) is 27.7 Å². The number of hydrogen-bond acceptors (Lipinski definition) is 4. The van der Waals surface area contributed by atoms with E-state index in [2.05, 4.69) is 4.74 Å². The van der Waals surface area contributed by atoms with Crippen molar-refractivity contribution in [1.82, 2.24) is 4.90 Å². The lowest BCUT2D eigenvalue weighted by molar-refractivity contribution is -0.140. The molecule has 0 aliphatic heterocycles. The largest absolute Gasteiger partial charge is 0.469 e. The zero-order valence-corrected chi connectivity index (χ0v) is 12.3. The highest BCUT2D eigenvalue weighted by atomic mass is 16.6. The fourth-order valence-corrected chi connectivity index (χ4v) is 1.35. The molecule has 0 aromatic carbocycles. The van der Waals surface area contributed by atoms with Crippen molar-refractivity contribution in [2.75, 3.05) is 14.2 Å². The van der Waals surface area contributed by atoms with E-state index >= 15 is 0 Å². The van der Waals surface area contributed by atoms with Gasteiger partial charge in [-0.05, 0) is 40.5 Å². The summed E-state index contributed by atoms with van der Waals surface area (Å²) in [6.45, 7) is 7.43. The average molecular weight is 259 g/mol. The van der Waals surface area contributed by atoms with Gasteiger partial charge >= 0.3 is 12.1 Å². The molecule has 1 amide bonds. The minimum absolute atomic E-state index is 0.0320. The fourth-order valence-electron chi connectivity index (χ4n) is 1.35. The summed E-state index contributed by atoms with van der Waals surface area (Å²) in [7, 11) is 3.08. The second-order valence-corrected chi connectivity index (χ2v) is 5.41. The first-order valence-electron chi connectivity index (χ1n) is 6.20. The Morgan fingerprint density at radius 3 is 2.28 bits per heavy atom. The summed E-state index contributed by atoms with van der Waals surface area (Å²) >= 11 is 0. The molecule has 0 aromatic rings. The summed E-state index contributed by atoms with van der Waals surface area (Å²) in [5.41, 5.74) is -0.489. The SMILES string of the molecule is COC(=O)CCCC(C)N(C)C(=O)OC(C)(C)C. The second-order valence-electron chi connectivity index (χ2n) is 5.41. The number of carbonyl (C=O) groups is 2. The molecule has 1 atom stereocenters. The predicted molar refractivity (Wildman–Crippen MR) is 69.3 cm³/mol. The molecule has 18 heavy (non-hydrogen) atoms. The third-order valence-corrected chi connectivity index (χ3v) is 2.57. The molecule has 0 aliphatic rings. The molecular formula is C13H25NO4. The molecule has 5 nitrogen and oxygen atoms in total. The van der Waals surface area contributed by atoms with Crippen LogP contribution in [0, 0.1) is 0 Å². The lowest BCUT2D eigenvalue weighted by atomic mass is 10.1. The van der Waals surface area contributed by atoms with E-state index in [0.717, 1.165) is 6.42 Å². The van der Waals surface area contributed by atoms with Gasteiger partial charge in [-0.3, -0.25) is 4.79 Å². The predicted octanol–water partition coefficient (Wildman–Crippen LogP) is 2.59. The van der Waals surface area contributed by atoms with Crippen molar-refractivity contribution in [2.24, 2.45) is 0 Å². The van der Waals surface area contributed by atoms with E-state index in [1.54, 1.807) is 11.9 Å². The van der Waals surface area contributed by atoms with E-state index in [-0.39, 0.29) is 18.1 Å². The molecule has 0 rings (SSSR count). The maximum atomic E-state index is 11.8. The van der Waals surface area contributed by atoms with Gasteiger partial charge in [-0.25, -0.2) is 4.79 Å². The van der Waals surface area contributed by atoms with Crippen LogP contribution in [0.2, 0.25) is 0 Å². The van der Waals surface area contributed by atoms with E-state index in [1.165, 1.54) is 7.11 Å². The maximum Gasteiger partial charge on any atom is 0.410 e. The van der Waals surface area contributed by atoms with E-state index < -0.39 is 5.60 Å². The highest BCUT2D eigenvalue weighted by Crippen LogP contribution is 2.13. The Labute approximate surface area is 109 Å². The molecule has 5 heteroatoms. The van der Waals surface area contributed by atoms with Crippen molar-refractivity contribution in [3.05, 3.63) is 0 Å². The van der Waals surface area contributed by atoms with Crippen LogP contribution in [0.3, 0.4) is 0 Å². The molecule has 0 aliphatic carbocycles. The summed E-state index contributed by atoms with van der Waals surface area (Å²) in [6.07, 6.45) is 1.47. The highest BCUT2D eigenvalue weighted by molar-refractivity contribution is 5.69. The van der Waals surface area contributed by atoms with E-state index in [9.17, 15) is 9.59 Å². The van der Waals surface area contributed by atoms with Crippen molar-refractivity contribution in [2.45, 2.75) is 58.6 Å². The van der Waals surface area contributed by atoms with Gasteiger partial charge in [0.25, 0.3) is 0 Å². The van der Waals surface area contributed by atoms with E-state index in [0.29, 0.717) is 12.8 Å². The van der Waals surface area contributed by atoms with Crippen molar-refractivity contribution in [3.8, 4) is 0 Å². The number of carbonyl (C=O) groups excluding carboxylic acids is 2. The third-order valence-electron chi connectivity index (χ3n) is 2.57. The van der Waals surface area contributed by atoms with Crippen molar-refractivity contribution < 1.29 is 19.1 Å². The fraction of sp³-hybridized carbons (Fsp3) is 0.846. The van der Waals surface area contributed by atoms with Crippen LogP contribution in [-0.4, -0.2) is 42.8 Å². The number of hydrogen-bond donors (Lipinski definition) is 0. The number of esters is 1. The number of nitrogens with zero attached hydrogens (tertiary/aromatic N) is 1. The van der Waals surface area contributed by atoms with Crippen LogP contribution in [-0.2, 0) is 14.3 Å². The lowest BCUT2D eigenvalue weighted by Crippen LogP contribution is -2.39. The quantitative estimate of drug-likeness (QED) is 0.712. The molecule has 106 valence electrons. The average Bonchev–Trinajstić information content (AvgIpc) is 2.25. The van der Waals surface area contributed by atoms with Crippen LogP contribution in [0.15, 0.2) is 0 Å². The molecule has 0 saturated heterocycles. The number of methoxy groups -OCH3 is 1. The Hall–Kier alpha value is -1.26. The number of ether oxygens (including phenoxy) is 2. The van der Waals surface area contributed by atoms with Gasteiger partial charge in [0, 0.05) is 19.5 Å². The zero-order chi connectivity index (χ0) is 14.3. The molecule has 0 bridgehead atoms. The number of rotatable bonds is 5. The minimum Gasteiger partial charge on any atom is -0.469 e. The molecule has 0 N–H and O–H groups in total. The Morgan fingerprint density at radius 1 is 1.28 bits per heavy atom. The lowest BCUT2D eigenvalue weighted by Gasteiger charge is -2.28. The van der Waals surface area contributed by atoms with Crippen LogP contribution >= 0.6 is 0 Å². The van der Waals surface area contributed by atoms with Gasteiger partial charge in [0.05, 0.1) is 7.11 Å². The first-order chi connectivity index (χ1) is 8.17. The second kappa shape index (κ2) is 7.24. The molecule has 0 saturated carbocycles. The van der Waals surface area contributed by atoms with Gasteiger partial charge in [0.1, 0.15) is 5.60 Å². The van der Waals surface area contributed by atoms with Gasteiger partial charge in [-0.15, -0.1) is 0 Å². The molecule has 0 fully saturated rings. The normalized spacial score (nSPS) is 12.8. The minimum atomic E-state index is -0.489. The Morgan fingerprint density at radius 2 is 1.83 bits per heavy atom. The highest BCUT2D eigenvalue weighted by Gasteiger charge is 2.22. The van der Waals surface area contributed by atoms with E-state index in [4.69, 9.17) is 4.74 Å². The topological polar surface area (TPSA) is 55.8 Å². The first-order valence-corrected chi connectivity index (χ1v) is 6.20. The molecule has 0 radical (unpaired) electrons. The summed E-state index contributed by atoms with van der Waals surface area (Å²) < 4.78 is 9.83. The molecular weight excluding hydrogens is 234 g/mol. The van der Waals surface area contributed by atoms with Crippen LogP contribution in [0.1, 0.15) is 47.0 Å². The summed E-state index contributed by atoms with van der Waals surface area (Å²) in [6, 6.07) is 0.0320. The van der Waals surface area contributed by atoms with Crippen LogP contribution < -0.4 is 0 Å². The molecule has 0 aromatic heterocycles. The van der Waals surface area contributed by atoms with Crippen LogP contribution in [0.25, 0.3) is 0 Å². The molecule has 1 unspecified atom stereocenters.